The molecule has 0 spiro atoms. The predicted octanol–water partition coefficient (Wildman–Crippen LogP) is 6.63. The fourth-order valence-corrected chi connectivity index (χ4v) is 3.33. The molecule has 4 heteroatoms. The number of ether oxygens (including phenoxy) is 2. The summed E-state index contributed by atoms with van der Waals surface area (Å²) in [5.74, 6) is 0.580. The number of phenolic OH excluding ortho intramolecular Hbond substituents is 1. The Balaban J connectivity index is 2.41. The summed E-state index contributed by atoms with van der Waals surface area (Å²) in [5, 5.41) is 9.81. The number of hydrogen-bond donors (Lipinski definition) is 1. The average molecular weight is 393 g/mol. The molecule has 0 saturated heterocycles. The van der Waals surface area contributed by atoms with Crippen LogP contribution in [0.5, 0.6) is 11.5 Å². The molecule has 1 atom stereocenters. The molecule has 0 heterocycles. The zero-order valence-electron chi connectivity index (χ0n) is 18.4. The van der Waals surface area contributed by atoms with E-state index in [-0.39, 0.29) is 11.7 Å². The second kappa shape index (κ2) is 14.3. The van der Waals surface area contributed by atoms with Crippen LogP contribution in [-0.2, 0) is 9.53 Å². The van der Waals surface area contributed by atoms with Crippen molar-refractivity contribution in [3.8, 4) is 11.5 Å². The van der Waals surface area contributed by atoms with Gasteiger partial charge in [0.05, 0.1) is 6.61 Å². The Labute approximate surface area is 171 Å². The Morgan fingerprint density at radius 2 is 1.46 bits per heavy atom. The van der Waals surface area contributed by atoms with Crippen LogP contribution in [0.15, 0.2) is 12.1 Å². The third-order valence-electron chi connectivity index (χ3n) is 5.13. The van der Waals surface area contributed by atoms with Crippen LogP contribution in [0.25, 0.3) is 0 Å². The number of benzene rings is 1. The SMILES string of the molecule is CCCCCCCCCCCCC(Oc1cc(C)c(O)cc1C)C(=O)OCC. The summed E-state index contributed by atoms with van der Waals surface area (Å²) >= 11 is 0. The van der Waals surface area contributed by atoms with E-state index in [1.54, 1.807) is 12.1 Å². The molecule has 0 saturated carbocycles. The maximum absolute atomic E-state index is 12.3. The van der Waals surface area contributed by atoms with E-state index in [2.05, 4.69) is 6.92 Å². The van der Waals surface area contributed by atoms with Crippen LogP contribution >= 0.6 is 0 Å². The first kappa shape index (κ1) is 24.3. The van der Waals surface area contributed by atoms with Gasteiger partial charge < -0.3 is 14.6 Å². The van der Waals surface area contributed by atoms with Gasteiger partial charge in [-0.3, -0.25) is 0 Å². The summed E-state index contributed by atoms with van der Waals surface area (Å²) < 4.78 is 11.2. The van der Waals surface area contributed by atoms with Crippen molar-refractivity contribution in [2.45, 2.75) is 104 Å². The Morgan fingerprint density at radius 3 is 2.04 bits per heavy atom. The molecule has 0 aliphatic carbocycles. The monoisotopic (exact) mass is 392 g/mol. The minimum Gasteiger partial charge on any atom is -0.508 e. The zero-order chi connectivity index (χ0) is 20.8. The summed E-state index contributed by atoms with van der Waals surface area (Å²) in [5.41, 5.74) is 1.56. The normalized spacial score (nSPS) is 12.0. The lowest BCUT2D eigenvalue weighted by Crippen LogP contribution is -2.29. The van der Waals surface area contributed by atoms with Crippen LogP contribution in [-0.4, -0.2) is 23.8 Å². The van der Waals surface area contributed by atoms with Gasteiger partial charge in [-0.25, -0.2) is 4.79 Å². The fraction of sp³-hybridized carbons (Fsp3) is 0.708. The maximum Gasteiger partial charge on any atom is 0.347 e. The van der Waals surface area contributed by atoms with Crippen molar-refractivity contribution in [2.75, 3.05) is 6.61 Å². The average Bonchev–Trinajstić information content (AvgIpc) is 2.66. The van der Waals surface area contributed by atoms with Gasteiger partial charge in [0.15, 0.2) is 6.10 Å². The van der Waals surface area contributed by atoms with Gasteiger partial charge in [-0.1, -0.05) is 64.7 Å². The Kier molecular flexibility index (Phi) is 12.4. The van der Waals surface area contributed by atoms with Gasteiger partial charge in [-0.05, 0) is 56.9 Å². The van der Waals surface area contributed by atoms with Crippen LogP contribution in [0.3, 0.4) is 0 Å². The van der Waals surface area contributed by atoms with Crippen molar-refractivity contribution in [1.29, 1.82) is 0 Å². The molecule has 0 aliphatic heterocycles. The highest BCUT2D eigenvalue weighted by molar-refractivity contribution is 5.75. The molecule has 160 valence electrons. The minimum absolute atomic E-state index is 0.243. The van der Waals surface area contributed by atoms with Crippen LogP contribution in [0.4, 0.5) is 0 Å². The Bertz CT molecular complexity index is 568. The molecule has 0 aliphatic rings. The predicted molar refractivity (Wildman–Crippen MR) is 115 cm³/mol. The van der Waals surface area contributed by atoms with E-state index in [0.29, 0.717) is 18.8 Å². The highest BCUT2D eigenvalue weighted by Crippen LogP contribution is 2.28. The van der Waals surface area contributed by atoms with E-state index in [0.717, 1.165) is 24.0 Å². The molecule has 1 N–H and O–H groups in total. The summed E-state index contributed by atoms with van der Waals surface area (Å²) in [6, 6.07) is 3.46. The molecule has 28 heavy (non-hydrogen) atoms. The fourth-order valence-electron chi connectivity index (χ4n) is 3.33. The van der Waals surface area contributed by atoms with E-state index in [4.69, 9.17) is 9.47 Å². The number of phenols is 1. The molecule has 0 fully saturated rings. The molecular weight excluding hydrogens is 352 g/mol. The lowest BCUT2D eigenvalue weighted by atomic mass is 10.0. The molecule has 0 radical (unpaired) electrons. The third-order valence-corrected chi connectivity index (χ3v) is 5.13. The molecule has 1 aromatic rings. The van der Waals surface area contributed by atoms with E-state index in [1.165, 1.54) is 51.4 Å². The summed E-state index contributed by atoms with van der Waals surface area (Å²) in [6.07, 6.45) is 12.7. The van der Waals surface area contributed by atoms with Gasteiger partial charge in [0.1, 0.15) is 11.5 Å². The second-order valence-electron chi connectivity index (χ2n) is 7.73. The van der Waals surface area contributed by atoms with Crippen molar-refractivity contribution >= 4 is 5.97 Å². The molecule has 4 nitrogen and oxygen atoms in total. The first-order chi connectivity index (χ1) is 13.5. The van der Waals surface area contributed by atoms with Gasteiger partial charge in [0.2, 0.25) is 0 Å². The van der Waals surface area contributed by atoms with Gasteiger partial charge in [-0.2, -0.15) is 0 Å². The van der Waals surface area contributed by atoms with Crippen LogP contribution in [0.2, 0.25) is 0 Å². The standard InChI is InChI=1S/C24H40O4/c1-5-7-8-9-10-11-12-13-14-15-16-22(24(26)27-6-2)28-23-18-19(3)21(25)17-20(23)4/h17-18,22,25H,5-16H2,1-4H3. The smallest absolute Gasteiger partial charge is 0.347 e. The van der Waals surface area contributed by atoms with E-state index < -0.39 is 6.10 Å². The zero-order valence-corrected chi connectivity index (χ0v) is 18.4. The lowest BCUT2D eigenvalue weighted by molar-refractivity contribution is -0.151. The number of unbranched alkanes of at least 4 members (excludes halogenated alkanes) is 9. The number of aromatic hydroxyl groups is 1. The van der Waals surface area contributed by atoms with Crippen molar-refractivity contribution in [3.63, 3.8) is 0 Å². The molecular formula is C24H40O4. The molecule has 1 rings (SSSR count). The van der Waals surface area contributed by atoms with Crippen molar-refractivity contribution in [3.05, 3.63) is 23.3 Å². The molecule has 0 bridgehead atoms. The number of aryl methyl sites for hydroxylation is 2. The van der Waals surface area contributed by atoms with Gasteiger partial charge in [-0.15, -0.1) is 0 Å². The first-order valence-corrected chi connectivity index (χ1v) is 11.1. The van der Waals surface area contributed by atoms with E-state index in [9.17, 15) is 9.90 Å². The number of esters is 1. The number of rotatable bonds is 15. The highest BCUT2D eigenvalue weighted by Gasteiger charge is 2.22. The van der Waals surface area contributed by atoms with Crippen molar-refractivity contribution in [1.82, 2.24) is 0 Å². The second-order valence-corrected chi connectivity index (χ2v) is 7.73. The molecule has 0 amide bonds. The largest absolute Gasteiger partial charge is 0.508 e. The van der Waals surface area contributed by atoms with Crippen LogP contribution in [0, 0.1) is 13.8 Å². The van der Waals surface area contributed by atoms with Crippen LogP contribution < -0.4 is 4.74 Å². The topological polar surface area (TPSA) is 55.8 Å². The van der Waals surface area contributed by atoms with Crippen molar-refractivity contribution in [2.24, 2.45) is 0 Å². The van der Waals surface area contributed by atoms with Crippen LogP contribution in [0.1, 0.15) is 95.6 Å². The third kappa shape index (κ3) is 9.48. The number of carbonyl (C=O) groups is 1. The molecule has 0 aromatic heterocycles. The van der Waals surface area contributed by atoms with Crippen molar-refractivity contribution < 1.29 is 19.4 Å². The Morgan fingerprint density at radius 1 is 0.893 bits per heavy atom. The minimum atomic E-state index is -0.586. The van der Waals surface area contributed by atoms with E-state index >= 15 is 0 Å². The Hall–Kier alpha value is -1.71. The summed E-state index contributed by atoms with van der Waals surface area (Å²) in [4.78, 5) is 12.3. The number of hydrogen-bond acceptors (Lipinski definition) is 4. The van der Waals surface area contributed by atoms with Gasteiger partial charge in [0, 0.05) is 0 Å². The van der Waals surface area contributed by atoms with Gasteiger partial charge >= 0.3 is 5.97 Å². The summed E-state index contributed by atoms with van der Waals surface area (Å²) in [7, 11) is 0. The lowest BCUT2D eigenvalue weighted by Gasteiger charge is -2.19. The molecule has 1 unspecified atom stereocenters. The summed E-state index contributed by atoms with van der Waals surface area (Å²) in [6.45, 7) is 8.10. The van der Waals surface area contributed by atoms with E-state index in [1.807, 2.05) is 20.8 Å². The molecule has 1 aromatic carbocycles. The highest BCUT2D eigenvalue weighted by atomic mass is 16.6. The maximum atomic E-state index is 12.3. The number of carbonyl (C=O) groups excluding carboxylic acids is 1. The quantitative estimate of drug-likeness (QED) is 0.269. The first-order valence-electron chi connectivity index (χ1n) is 11.1. The van der Waals surface area contributed by atoms with Gasteiger partial charge in [0.25, 0.3) is 0 Å².